The first-order chi connectivity index (χ1) is 14.9. The van der Waals surface area contributed by atoms with Crippen molar-refractivity contribution in [2.24, 2.45) is 28.6 Å². The summed E-state index contributed by atoms with van der Waals surface area (Å²) < 4.78 is 10.6. The Kier molecular flexibility index (Phi) is 5.63. The molecule has 4 aliphatic carbocycles. The summed E-state index contributed by atoms with van der Waals surface area (Å²) in [5.74, 6) is -0.699. The van der Waals surface area contributed by atoms with Crippen molar-refractivity contribution in [2.45, 2.75) is 84.3 Å². The molecule has 4 rings (SSSR count). The van der Waals surface area contributed by atoms with E-state index in [0.29, 0.717) is 38.0 Å². The van der Waals surface area contributed by atoms with Crippen LogP contribution in [0.3, 0.4) is 0 Å². The molecule has 0 spiro atoms. The van der Waals surface area contributed by atoms with Gasteiger partial charge >= 0.3 is 11.9 Å². The Morgan fingerprint density at radius 1 is 1.06 bits per heavy atom. The fourth-order valence-electron chi connectivity index (χ4n) is 7.65. The zero-order valence-corrected chi connectivity index (χ0v) is 19.4. The van der Waals surface area contributed by atoms with Crippen molar-refractivity contribution in [3.63, 3.8) is 0 Å². The molecule has 7 nitrogen and oxygen atoms in total. The molecule has 0 radical (unpaired) electrons. The highest BCUT2D eigenvalue weighted by molar-refractivity contribution is 5.92. The molecule has 176 valence electrons. The van der Waals surface area contributed by atoms with E-state index in [1.54, 1.807) is 6.08 Å². The van der Waals surface area contributed by atoms with Crippen molar-refractivity contribution in [2.75, 3.05) is 6.61 Å². The van der Waals surface area contributed by atoms with Gasteiger partial charge in [0.25, 0.3) is 0 Å². The van der Waals surface area contributed by atoms with Crippen molar-refractivity contribution in [3.8, 4) is 0 Å². The van der Waals surface area contributed by atoms with Gasteiger partial charge in [-0.3, -0.25) is 19.2 Å². The number of hydrogen-bond donors (Lipinski definition) is 1. The zero-order valence-electron chi connectivity index (χ0n) is 19.4. The molecule has 32 heavy (non-hydrogen) atoms. The number of fused-ring (bicyclic) bond motifs is 5. The number of rotatable bonds is 4. The lowest BCUT2D eigenvalue weighted by Crippen LogP contribution is -2.59. The molecule has 0 unspecified atom stereocenters. The van der Waals surface area contributed by atoms with Crippen LogP contribution in [0.2, 0.25) is 0 Å². The first kappa shape index (κ1) is 23.1. The Morgan fingerprint density at radius 3 is 2.41 bits per heavy atom. The van der Waals surface area contributed by atoms with Crippen molar-refractivity contribution in [3.05, 3.63) is 11.6 Å². The maximum atomic E-state index is 13.0. The van der Waals surface area contributed by atoms with Gasteiger partial charge in [-0.1, -0.05) is 13.8 Å². The Hall–Kier alpha value is -2.02. The van der Waals surface area contributed by atoms with Crippen LogP contribution in [0.25, 0.3) is 0 Å². The summed E-state index contributed by atoms with van der Waals surface area (Å²) in [5, 5.41) is 11.6. The maximum Gasteiger partial charge on any atom is 0.303 e. The largest absolute Gasteiger partial charge is 0.458 e. The van der Waals surface area contributed by atoms with Gasteiger partial charge < -0.3 is 14.6 Å². The monoisotopic (exact) mass is 446 g/mol. The second kappa shape index (κ2) is 7.79. The SMILES string of the molecule is CC(=O)OCC(=O)[C@@]1(O)CC[C@H]2[C@@H]3C[C@H](OC(C)=O)C4=CC(=O)CC[C@]4(C)[C@H]3CC[C@@]21C. The summed E-state index contributed by atoms with van der Waals surface area (Å²) in [6, 6.07) is 0. The number of esters is 2. The summed E-state index contributed by atoms with van der Waals surface area (Å²) in [6.07, 6.45) is 5.64. The van der Waals surface area contributed by atoms with Crippen molar-refractivity contribution >= 4 is 23.5 Å². The van der Waals surface area contributed by atoms with Crippen LogP contribution in [-0.2, 0) is 28.7 Å². The summed E-state index contributed by atoms with van der Waals surface area (Å²) in [5.41, 5.74) is -1.46. The molecule has 0 aromatic carbocycles. The van der Waals surface area contributed by atoms with Crippen LogP contribution >= 0.6 is 0 Å². The molecule has 0 aromatic heterocycles. The zero-order chi connectivity index (χ0) is 23.5. The highest BCUT2D eigenvalue weighted by Crippen LogP contribution is 2.67. The smallest absolute Gasteiger partial charge is 0.303 e. The fourth-order valence-corrected chi connectivity index (χ4v) is 7.65. The van der Waals surface area contributed by atoms with Crippen LogP contribution in [0.4, 0.5) is 0 Å². The van der Waals surface area contributed by atoms with Gasteiger partial charge in [-0.15, -0.1) is 0 Å². The van der Waals surface area contributed by atoms with Crippen molar-refractivity contribution in [1.29, 1.82) is 0 Å². The quantitative estimate of drug-likeness (QED) is 0.662. The number of ether oxygens (including phenoxy) is 2. The second-order valence-corrected chi connectivity index (χ2v) is 10.8. The number of ketones is 2. The lowest BCUT2D eigenvalue weighted by atomic mass is 9.45. The fraction of sp³-hybridized carbons (Fsp3) is 0.760. The number of carbonyl (C=O) groups excluding carboxylic acids is 4. The van der Waals surface area contributed by atoms with Crippen LogP contribution in [0.1, 0.15) is 72.6 Å². The van der Waals surface area contributed by atoms with Gasteiger partial charge in [0.1, 0.15) is 11.7 Å². The molecule has 0 heterocycles. The van der Waals surface area contributed by atoms with Gasteiger partial charge in [-0.2, -0.15) is 0 Å². The van der Waals surface area contributed by atoms with E-state index >= 15 is 0 Å². The lowest BCUT2D eigenvalue weighted by Gasteiger charge is -2.60. The number of carbonyl (C=O) groups is 4. The molecule has 0 aromatic rings. The lowest BCUT2D eigenvalue weighted by molar-refractivity contribution is -0.173. The maximum absolute atomic E-state index is 13.0. The van der Waals surface area contributed by atoms with Gasteiger partial charge in [0, 0.05) is 25.7 Å². The van der Waals surface area contributed by atoms with Crippen LogP contribution in [0, 0.1) is 28.6 Å². The highest BCUT2D eigenvalue weighted by Gasteiger charge is 2.67. The van der Waals surface area contributed by atoms with Crippen LogP contribution < -0.4 is 0 Å². The number of Topliss-reactive ketones (excluding diaryl/α,β-unsaturated/α-hetero) is 1. The molecule has 7 atom stereocenters. The number of hydrogen-bond acceptors (Lipinski definition) is 7. The van der Waals surface area contributed by atoms with E-state index in [0.717, 1.165) is 18.4 Å². The molecule has 3 fully saturated rings. The minimum absolute atomic E-state index is 0.0834. The van der Waals surface area contributed by atoms with E-state index in [2.05, 4.69) is 6.92 Å². The van der Waals surface area contributed by atoms with Crippen LogP contribution in [-0.4, -0.2) is 46.9 Å². The van der Waals surface area contributed by atoms with E-state index in [1.165, 1.54) is 13.8 Å². The Bertz CT molecular complexity index is 891. The van der Waals surface area contributed by atoms with Gasteiger partial charge in [0.05, 0.1) is 0 Å². The molecule has 7 heteroatoms. The Labute approximate surface area is 188 Å². The molecule has 0 bridgehead atoms. The third kappa shape index (κ3) is 3.35. The van der Waals surface area contributed by atoms with Crippen LogP contribution in [0.5, 0.6) is 0 Å². The van der Waals surface area contributed by atoms with Crippen molar-refractivity contribution < 1.29 is 33.8 Å². The van der Waals surface area contributed by atoms with E-state index < -0.39 is 35.5 Å². The molecular formula is C25H34O7. The first-order valence-electron chi connectivity index (χ1n) is 11.7. The van der Waals surface area contributed by atoms with E-state index in [4.69, 9.17) is 9.47 Å². The van der Waals surface area contributed by atoms with E-state index in [1.807, 2.05) is 6.92 Å². The highest BCUT2D eigenvalue weighted by atomic mass is 16.5. The standard InChI is InChI=1S/C25H34O7/c1-14(26)31-13-22(29)25(30)10-7-19-17-12-21(32-15(2)27)20-11-16(28)5-8-23(20,3)18(17)6-9-24(19,25)4/h11,17-19,21,30H,5-10,12-13H2,1-4H3/t17-,18+,19+,21+,23-,24+,25+/m1/s1. The molecule has 0 saturated heterocycles. The minimum Gasteiger partial charge on any atom is -0.458 e. The Balaban J connectivity index is 1.67. The predicted molar refractivity (Wildman–Crippen MR) is 114 cm³/mol. The van der Waals surface area contributed by atoms with Gasteiger partial charge in [0.15, 0.2) is 12.4 Å². The molecule has 1 N–H and O–H groups in total. The molecule has 4 aliphatic rings. The molecule has 3 saturated carbocycles. The topological polar surface area (TPSA) is 107 Å². The van der Waals surface area contributed by atoms with Gasteiger partial charge in [-0.25, -0.2) is 0 Å². The van der Waals surface area contributed by atoms with Gasteiger partial charge in [-0.05, 0) is 73.3 Å². The third-order valence-electron chi connectivity index (χ3n) is 9.28. The van der Waals surface area contributed by atoms with Crippen LogP contribution in [0.15, 0.2) is 11.6 Å². The Morgan fingerprint density at radius 2 is 1.75 bits per heavy atom. The first-order valence-corrected chi connectivity index (χ1v) is 11.7. The van der Waals surface area contributed by atoms with Gasteiger partial charge in [0.2, 0.25) is 5.78 Å². The average molecular weight is 447 g/mol. The van der Waals surface area contributed by atoms with E-state index in [-0.39, 0.29) is 29.0 Å². The summed E-state index contributed by atoms with van der Waals surface area (Å²) in [7, 11) is 0. The summed E-state index contributed by atoms with van der Waals surface area (Å²) in [4.78, 5) is 48.3. The average Bonchev–Trinajstić information content (AvgIpc) is 2.99. The second-order valence-electron chi connectivity index (χ2n) is 10.8. The van der Waals surface area contributed by atoms with E-state index in [9.17, 15) is 24.3 Å². The molecule has 0 aliphatic heterocycles. The number of aliphatic hydroxyl groups is 1. The minimum atomic E-state index is -1.53. The normalized spacial score (nSPS) is 42.8. The molecule has 0 amide bonds. The van der Waals surface area contributed by atoms with Crippen molar-refractivity contribution in [1.82, 2.24) is 0 Å². The summed E-state index contributed by atoms with van der Waals surface area (Å²) in [6.45, 7) is 6.41. The molecular weight excluding hydrogens is 412 g/mol. The summed E-state index contributed by atoms with van der Waals surface area (Å²) >= 11 is 0. The third-order valence-corrected chi connectivity index (χ3v) is 9.28. The predicted octanol–water partition coefficient (Wildman–Crippen LogP) is 2.92.